The van der Waals surface area contributed by atoms with Crippen LogP contribution < -0.4 is 0 Å². The van der Waals surface area contributed by atoms with Crippen molar-refractivity contribution in [2.75, 3.05) is 0 Å². The zero-order valence-electron chi connectivity index (χ0n) is 10.3. The fourth-order valence-corrected chi connectivity index (χ4v) is 11.1. The van der Waals surface area contributed by atoms with Crippen molar-refractivity contribution in [1.29, 1.82) is 0 Å². The predicted molar refractivity (Wildman–Crippen MR) is 82.3 cm³/mol. The Balaban J connectivity index is 3.31. The van der Waals surface area contributed by atoms with Crippen LogP contribution in [-0.4, -0.2) is 0 Å². The molecule has 0 fully saturated rings. The molecule has 0 N–H and O–H groups in total. The van der Waals surface area contributed by atoms with Gasteiger partial charge in [-0.25, -0.2) is 0 Å². The molecule has 0 aliphatic heterocycles. The fourth-order valence-electron chi connectivity index (χ4n) is 2.17. The van der Waals surface area contributed by atoms with Crippen molar-refractivity contribution in [1.82, 2.24) is 0 Å². The molecule has 0 aromatic rings. The van der Waals surface area contributed by atoms with Crippen LogP contribution in [0.4, 0.5) is 0 Å². The molecule has 0 radical (unpaired) electrons. The first-order valence-corrected chi connectivity index (χ1v) is 16.5. The molecule has 0 bridgehead atoms. The second-order valence-corrected chi connectivity index (χ2v) is 26.1. The number of hydrogen-bond acceptors (Lipinski definition) is 0. The van der Waals surface area contributed by atoms with Gasteiger partial charge in [-0.1, -0.05) is 0 Å². The summed E-state index contributed by atoms with van der Waals surface area (Å²) in [6.45, 7) is 14.6. The molecule has 2 atom stereocenters. The summed E-state index contributed by atoms with van der Waals surface area (Å²) in [5.41, 5.74) is 0.772. The van der Waals surface area contributed by atoms with Crippen molar-refractivity contribution in [3.05, 3.63) is 12.2 Å². The van der Waals surface area contributed by atoms with Gasteiger partial charge in [-0.05, 0) is 0 Å². The summed E-state index contributed by atoms with van der Waals surface area (Å²) in [4.78, 5) is 0. The van der Waals surface area contributed by atoms with E-state index >= 15 is 0 Å². The van der Waals surface area contributed by atoms with Crippen LogP contribution in [0.5, 0.6) is 0 Å². The molecule has 0 heterocycles. The Hall–Kier alpha value is 1.82. The third-order valence-electron chi connectivity index (χ3n) is 4.93. The van der Waals surface area contributed by atoms with Gasteiger partial charge in [-0.3, -0.25) is 0 Å². The van der Waals surface area contributed by atoms with Crippen molar-refractivity contribution in [2.24, 2.45) is 16.7 Å². The van der Waals surface area contributed by atoms with E-state index in [4.69, 9.17) is 0 Å². The normalized spacial score (nSPS) is 38.9. The van der Waals surface area contributed by atoms with Gasteiger partial charge in [-0.15, -0.1) is 0 Å². The quantitative estimate of drug-likeness (QED) is 0.235. The molecule has 92 valence electrons. The Kier molecular flexibility index (Phi) is 4.46. The Bertz CT molecular complexity index is 281. The second-order valence-electron chi connectivity index (χ2n) is 5.73. The maximum atomic E-state index is 2.71. The molecule has 1 rings (SSSR count). The van der Waals surface area contributed by atoms with Crippen LogP contribution in [0.3, 0.4) is 0 Å². The molecule has 0 saturated carbocycles. The van der Waals surface area contributed by atoms with E-state index in [2.05, 4.69) is 93.2 Å². The first kappa shape index (κ1) is 14.9. The van der Waals surface area contributed by atoms with Crippen LogP contribution in [0.2, 0.25) is 4.01 Å². The van der Waals surface area contributed by atoms with E-state index in [0.717, 1.165) is 0 Å². The minimum absolute atomic E-state index is 0.384. The molecule has 0 aromatic heterocycles. The standard InChI is InChI=1S/C12H21.2HI.Ru/c1-9-7-8-10(2)12(5,6)11(9,3)4;;;/h7-9H,1-6H3;2*1H;/q;;;+1/p-2. The summed E-state index contributed by atoms with van der Waals surface area (Å²) in [5, 5.41) is 0. The van der Waals surface area contributed by atoms with Gasteiger partial charge >= 0.3 is 123 Å². The molecule has 3 heteroatoms. The van der Waals surface area contributed by atoms with Gasteiger partial charge in [-0.2, -0.15) is 0 Å². The van der Waals surface area contributed by atoms with Crippen molar-refractivity contribution in [3.8, 4) is 0 Å². The Morgan fingerprint density at radius 3 is 1.93 bits per heavy atom. The van der Waals surface area contributed by atoms with Crippen LogP contribution in [0.15, 0.2) is 12.2 Å². The van der Waals surface area contributed by atoms with E-state index < -0.39 is 8.92 Å². The molecule has 1 aliphatic rings. The van der Waals surface area contributed by atoms with Gasteiger partial charge < -0.3 is 0 Å². The molecule has 2 unspecified atom stereocenters. The topological polar surface area (TPSA) is 0 Å². The van der Waals surface area contributed by atoms with Crippen molar-refractivity contribution in [2.45, 2.75) is 45.6 Å². The summed E-state index contributed by atoms with van der Waals surface area (Å²) in [6, 6.07) is 0. The third-order valence-corrected chi connectivity index (χ3v) is 17.0. The molecule has 0 amide bonds. The molecule has 1 aliphatic carbocycles. The van der Waals surface area contributed by atoms with Gasteiger partial charge in [0, 0.05) is 0 Å². The summed E-state index contributed by atoms with van der Waals surface area (Å²) < 4.78 is 0.425. The summed E-state index contributed by atoms with van der Waals surface area (Å²) in [6.07, 6.45) is 4.96. The molecule has 0 nitrogen and oxygen atoms in total. The SMILES string of the molecule is CC1C=C[C](C)([Ru-]([I])[I])C(C)(C)C1(C)C. The van der Waals surface area contributed by atoms with Gasteiger partial charge in [0.15, 0.2) is 0 Å². The summed E-state index contributed by atoms with van der Waals surface area (Å²) in [7, 11) is -0.792. The molecular formula is C12H21I2Ru-. The first-order chi connectivity index (χ1) is 6.57. The zero-order valence-corrected chi connectivity index (χ0v) is 16.4. The maximum absolute atomic E-state index is 2.71. The Morgan fingerprint density at radius 2 is 1.53 bits per heavy atom. The predicted octanol–water partition coefficient (Wildman–Crippen LogP) is 5.74. The van der Waals surface area contributed by atoms with Crippen molar-refractivity contribution >= 4 is 39.5 Å². The van der Waals surface area contributed by atoms with Crippen LogP contribution in [0.25, 0.3) is 0 Å². The number of allylic oxidation sites excluding steroid dienone is 2. The zero-order chi connectivity index (χ0) is 12.1. The molecule has 0 spiro atoms. The summed E-state index contributed by atoms with van der Waals surface area (Å²) in [5.74, 6) is 0.682. The van der Waals surface area contributed by atoms with Gasteiger partial charge in [0.2, 0.25) is 0 Å². The average molecular weight is 520 g/mol. The van der Waals surface area contributed by atoms with Crippen LogP contribution in [0.1, 0.15) is 41.5 Å². The Morgan fingerprint density at radius 1 is 1.07 bits per heavy atom. The van der Waals surface area contributed by atoms with Crippen LogP contribution in [0, 0.1) is 16.7 Å². The first-order valence-electron chi connectivity index (χ1n) is 5.27. The van der Waals surface area contributed by atoms with Gasteiger partial charge in [0.05, 0.1) is 0 Å². The molecule has 0 aromatic carbocycles. The molecule has 15 heavy (non-hydrogen) atoms. The minimum atomic E-state index is -0.792. The van der Waals surface area contributed by atoms with E-state index in [1.54, 1.807) is 0 Å². The fraction of sp³-hybridized carbons (Fsp3) is 0.833. The monoisotopic (exact) mass is 521 g/mol. The molecular weight excluding hydrogens is 499 g/mol. The van der Waals surface area contributed by atoms with E-state index in [0.29, 0.717) is 20.8 Å². The number of hydrogen-bond donors (Lipinski definition) is 0. The summed E-state index contributed by atoms with van der Waals surface area (Å²) >= 11 is 5.41. The number of rotatable bonds is 1. The van der Waals surface area contributed by atoms with E-state index in [-0.39, 0.29) is 0 Å². The Labute approximate surface area is 121 Å². The third kappa shape index (κ3) is 2.11. The van der Waals surface area contributed by atoms with E-state index in [1.165, 1.54) is 0 Å². The van der Waals surface area contributed by atoms with Crippen molar-refractivity contribution < 1.29 is 8.92 Å². The van der Waals surface area contributed by atoms with Crippen LogP contribution in [-0.2, 0) is 8.92 Å². The van der Waals surface area contributed by atoms with Crippen LogP contribution >= 0.6 is 39.5 Å². The average Bonchev–Trinajstić information content (AvgIpc) is 2.10. The van der Waals surface area contributed by atoms with Crippen molar-refractivity contribution in [3.63, 3.8) is 0 Å². The van der Waals surface area contributed by atoms with E-state index in [1.807, 2.05) is 0 Å². The number of halogens is 2. The van der Waals surface area contributed by atoms with Gasteiger partial charge in [0.1, 0.15) is 0 Å². The second kappa shape index (κ2) is 4.49. The van der Waals surface area contributed by atoms with Gasteiger partial charge in [0.25, 0.3) is 0 Å². The van der Waals surface area contributed by atoms with E-state index in [9.17, 15) is 0 Å². The molecule has 0 saturated heterocycles.